The molecule has 0 atom stereocenters. The van der Waals surface area contributed by atoms with Crippen molar-refractivity contribution >= 4 is 5.91 Å². The molecule has 0 saturated carbocycles. The van der Waals surface area contributed by atoms with Crippen LogP contribution < -0.4 is 0 Å². The number of pyridine rings is 1. The monoisotopic (exact) mass is 272 g/mol. The summed E-state index contributed by atoms with van der Waals surface area (Å²) in [6, 6.07) is 10.2. The van der Waals surface area contributed by atoms with E-state index in [2.05, 4.69) is 4.98 Å². The van der Waals surface area contributed by atoms with E-state index < -0.39 is 5.82 Å². The molecule has 0 radical (unpaired) electrons. The zero-order valence-electron chi connectivity index (χ0n) is 11.6. The molecule has 2 rings (SSSR count). The Morgan fingerprint density at radius 3 is 2.80 bits per heavy atom. The number of amides is 1. The molecule has 4 heteroatoms. The second-order valence-electron chi connectivity index (χ2n) is 4.78. The second-order valence-corrected chi connectivity index (χ2v) is 4.78. The number of benzene rings is 1. The van der Waals surface area contributed by atoms with Crippen molar-refractivity contribution in [3.63, 3.8) is 0 Å². The lowest BCUT2D eigenvalue weighted by molar-refractivity contribution is 0.0791. The number of halogens is 1. The van der Waals surface area contributed by atoms with Crippen molar-refractivity contribution in [2.45, 2.75) is 13.3 Å². The molecule has 20 heavy (non-hydrogen) atoms. The van der Waals surface area contributed by atoms with E-state index in [1.807, 2.05) is 25.1 Å². The first-order valence-electron chi connectivity index (χ1n) is 6.49. The fourth-order valence-electron chi connectivity index (χ4n) is 1.94. The molecular weight excluding hydrogens is 255 g/mol. The van der Waals surface area contributed by atoms with Crippen LogP contribution in [0.25, 0.3) is 0 Å². The molecule has 2 aromatic rings. The van der Waals surface area contributed by atoms with Crippen molar-refractivity contribution in [1.82, 2.24) is 9.88 Å². The molecule has 0 spiro atoms. The van der Waals surface area contributed by atoms with Gasteiger partial charge in [-0.2, -0.15) is 0 Å². The molecule has 0 aliphatic carbocycles. The summed E-state index contributed by atoms with van der Waals surface area (Å²) in [5.74, 6) is -0.785. The van der Waals surface area contributed by atoms with Crippen LogP contribution in [0.15, 0.2) is 42.6 Å². The quantitative estimate of drug-likeness (QED) is 0.857. The van der Waals surface area contributed by atoms with Gasteiger partial charge in [-0.25, -0.2) is 4.39 Å². The van der Waals surface area contributed by atoms with Crippen molar-refractivity contribution in [3.8, 4) is 0 Å². The summed E-state index contributed by atoms with van der Waals surface area (Å²) in [5, 5.41) is 0. The van der Waals surface area contributed by atoms with E-state index in [-0.39, 0.29) is 11.5 Å². The van der Waals surface area contributed by atoms with Crippen LogP contribution in [-0.2, 0) is 6.42 Å². The summed E-state index contributed by atoms with van der Waals surface area (Å²) in [4.78, 5) is 17.9. The maximum Gasteiger partial charge on any atom is 0.256 e. The smallest absolute Gasteiger partial charge is 0.256 e. The molecule has 1 amide bonds. The minimum absolute atomic E-state index is 0.119. The van der Waals surface area contributed by atoms with Crippen LogP contribution in [0.5, 0.6) is 0 Å². The predicted octanol–water partition coefficient (Wildman–Crippen LogP) is 2.84. The molecular formula is C16H17FN2O. The summed E-state index contributed by atoms with van der Waals surface area (Å²) < 4.78 is 13.7. The van der Waals surface area contributed by atoms with Gasteiger partial charge in [-0.05, 0) is 31.2 Å². The lowest BCUT2D eigenvalue weighted by atomic mass is 10.1. The minimum Gasteiger partial charge on any atom is -0.341 e. The van der Waals surface area contributed by atoms with Crippen LogP contribution in [0.1, 0.15) is 21.6 Å². The van der Waals surface area contributed by atoms with Crippen molar-refractivity contribution in [2.24, 2.45) is 0 Å². The Morgan fingerprint density at radius 1 is 1.30 bits per heavy atom. The van der Waals surface area contributed by atoms with Gasteiger partial charge in [0.15, 0.2) is 0 Å². The van der Waals surface area contributed by atoms with Crippen molar-refractivity contribution < 1.29 is 9.18 Å². The van der Waals surface area contributed by atoms with Gasteiger partial charge in [-0.15, -0.1) is 0 Å². The van der Waals surface area contributed by atoms with Crippen LogP contribution in [0, 0.1) is 12.7 Å². The van der Waals surface area contributed by atoms with Gasteiger partial charge in [-0.3, -0.25) is 9.78 Å². The van der Waals surface area contributed by atoms with E-state index in [1.54, 1.807) is 25.4 Å². The molecule has 1 aromatic heterocycles. The first-order chi connectivity index (χ1) is 9.58. The number of likely N-dealkylation sites (N-methyl/N-ethyl adjacent to an activating group) is 1. The summed E-state index contributed by atoms with van der Waals surface area (Å²) in [7, 11) is 1.67. The van der Waals surface area contributed by atoms with Crippen molar-refractivity contribution in [3.05, 3.63) is 65.2 Å². The van der Waals surface area contributed by atoms with Gasteiger partial charge in [0.05, 0.1) is 5.56 Å². The summed E-state index contributed by atoms with van der Waals surface area (Å²) in [6.45, 7) is 2.34. The molecule has 1 heterocycles. The topological polar surface area (TPSA) is 33.2 Å². The molecule has 0 N–H and O–H groups in total. The van der Waals surface area contributed by atoms with Gasteiger partial charge in [0.25, 0.3) is 5.91 Å². The maximum absolute atomic E-state index is 13.7. The highest BCUT2D eigenvalue weighted by molar-refractivity contribution is 5.94. The Kier molecular flexibility index (Phi) is 4.45. The third-order valence-electron chi connectivity index (χ3n) is 3.13. The van der Waals surface area contributed by atoms with Gasteiger partial charge < -0.3 is 4.90 Å². The number of nitrogens with zero attached hydrogens (tertiary/aromatic N) is 2. The van der Waals surface area contributed by atoms with Crippen LogP contribution in [0.4, 0.5) is 4.39 Å². The Bertz CT molecular complexity index is 599. The van der Waals surface area contributed by atoms with E-state index in [1.165, 1.54) is 11.0 Å². The standard InChI is InChI=1S/C16H17FN2O/c1-12-6-7-15(17)14(11-12)16(20)19(2)10-8-13-5-3-4-9-18-13/h3-7,9,11H,8,10H2,1-2H3. The SMILES string of the molecule is Cc1ccc(F)c(C(=O)N(C)CCc2ccccn2)c1. The van der Waals surface area contributed by atoms with Gasteiger partial charge >= 0.3 is 0 Å². The van der Waals surface area contributed by atoms with E-state index in [0.29, 0.717) is 13.0 Å². The lowest BCUT2D eigenvalue weighted by Gasteiger charge is -2.17. The molecule has 1 aromatic carbocycles. The third-order valence-corrected chi connectivity index (χ3v) is 3.13. The average Bonchev–Trinajstić information content (AvgIpc) is 2.47. The van der Waals surface area contributed by atoms with E-state index in [0.717, 1.165) is 11.3 Å². The number of aryl methyl sites for hydroxylation is 1. The van der Waals surface area contributed by atoms with Crippen LogP contribution in [0.2, 0.25) is 0 Å². The molecule has 0 bridgehead atoms. The van der Waals surface area contributed by atoms with Crippen molar-refractivity contribution in [1.29, 1.82) is 0 Å². The first kappa shape index (κ1) is 14.2. The highest BCUT2D eigenvalue weighted by Gasteiger charge is 2.16. The molecule has 0 saturated heterocycles. The molecule has 0 aliphatic rings. The number of carbonyl (C=O) groups is 1. The molecule has 0 fully saturated rings. The van der Waals surface area contributed by atoms with Gasteiger partial charge in [-0.1, -0.05) is 17.7 Å². The van der Waals surface area contributed by atoms with Crippen LogP contribution >= 0.6 is 0 Å². The van der Waals surface area contributed by atoms with E-state index in [4.69, 9.17) is 0 Å². The zero-order valence-corrected chi connectivity index (χ0v) is 11.6. The maximum atomic E-state index is 13.7. The van der Waals surface area contributed by atoms with Crippen molar-refractivity contribution in [2.75, 3.05) is 13.6 Å². The Balaban J connectivity index is 2.03. The highest BCUT2D eigenvalue weighted by Crippen LogP contribution is 2.12. The Labute approximate surface area is 118 Å². The Hall–Kier alpha value is -2.23. The number of hydrogen-bond acceptors (Lipinski definition) is 2. The second kappa shape index (κ2) is 6.28. The van der Waals surface area contributed by atoms with Crippen LogP contribution in [-0.4, -0.2) is 29.4 Å². The molecule has 0 aliphatic heterocycles. The number of carbonyl (C=O) groups excluding carboxylic acids is 1. The molecule has 104 valence electrons. The Morgan fingerprint density at radius 2 is 2.10 bits per heavy atom. The van der Waals surface area contributed by atoms with Gasteiger partial charge in [0.2, 0.25) is 0 Å². The fourth-order valence-corrected chi connectivity index (χ4v) is 1.94. The van der Waals surface area contributed by atoms with E-state index >= 15 is 0 Å². The van der Waals surface area contributed by atoms with Gasteiger partial charge in [0.1, 0.15) is 5.82 Å². The molecule has 3 nitrogen and oxygen atoms in total. The highest BCUT2D eigenvalue weighted by atomic mass is 19.1. The summed E-state index contributed by atoms with van der Waals surface area (Å²) >= 11 is 0. The van der Waals surface area contributed by atoms with Crippen LogP contribution in [0.3, 0.4) is 0 Å². The first-order valence-corrected chi connectivity index (χ1v) is 6.49. The minimum atomic E-state index is -0.481. The summed E-state index contributed by atoms with van der Waals surface area (Å²) in [5.41, 5.74) is 1.90. The lowest BCUT2D eigenvalue weighted by Crippen LogP contribution is -2.29. The van der Waals surface area contributed by atoms with Gasteiger partial charge in [0, 0.05) is 31.9 Å². The average molecular weight is 272 g/mol. The normalized spacial score (nSPS) is 10.3. The number of rotatable bonds is 4. The number of aromatic nitrogens is 1. The predicted molar refractivity (Wildman–Crippen MR) is 76.0 cm³/mol. The zero-order chi connectivity index (χ0) is 14.5. The number of hydrogen-bond donors (Lipinski definition) is 0. The largest absolute Gasteiger partial charge is 0.341 e. The summed E-state index contributed by atoms with van der Waals surface area (Å²) in [6.07, 6.45) is 2.37. The third kappa shape index (κ3) is 3.41. The fraction of sp³-hybridized carbons (Fsp3) is 0.250. The van der Waals surface area contributed by atoms with E-state index in [9.17, 15) is 9.18 Å². The molecule has 0 unspecified atom stereocenters.